The lowest BCUT2D eigenvalue weighted by Gasteiger charge is -2.05. The van der Waals surface area contributed by atoms with Gasteiger partial charge in [0.1, 0.15) is 0 Å². The summed E-state index contributed by atoms with van der Waals surface area (Å²) in [7, 11) is 0. The van der Waals surface area contributed by atoms with Gasteiger partial charge in [-0.05, 0) is 18.8 Å². The van der Waals surface area contributed by atoms with Gasteiger partial charge in [-0.25, -0.2) is 0 Å². The molecule has 0 heterocycles. The second-order valence-corrected chi connectivity index (χ2v) is 5.13. The van der Waals surface area contributed by atoms with Crippen molar-refractivity contribution >= 4 is 0 Å². The van der Waals surface area contributed by atoms with Crippen molar-refractivity contribution in [2.45, 2.75) is 64.2 Å². The molecule has 1 N–H and O–H groups in total. The van der Waals surface area contributed by atoms with Crippen molar-refractivity contribution in [3.8, 4) is 0 Å². The monoisotopic (exact) mass is 236 g/mol. The smallest absolute Gasteiger partial charge is 0.0431 e. The Hall–Kier alpha value is -0.560. The maximum absolute atomic E-state index is 8.65. The standard InChI is InChI=1S/C16H28O/c17-15-11-7-5-3-1-2-4-6-8-12-16-13-9-10-14-16/h9-10,13-14,16-17H,1-8,11-12,15H2. The van der Waals surface area contributed by atoms with Crippen molar-refractivity contribution in [3.63, 3.8) is 0 Å². The maximum Gasteiger partial charge on any atom is 0.0431 e. The molecule has 1 aliphatic rings. The first-order chi connectivity index (χ1) is 8.43. The minimum atomic E-state index is 0.365. The molecule has 0 unspecified atom stereocenters. The molecule has 0 saturated heterocycles. The lowest BCUT2D eigenvalue weighted by Crippen LogP contribution is -1.89. The Bertz CT molecular complexity index is 206. The zero-order valence-electron chi connectivity index (χ0n) is 11.1. The number of unbranched alkanes of at least 4 members (excludes halogenated alkanes) is 8. The fourth-order valence-corrected chi connectivity index (χ4v) is 2.40. The number of aliphatic hydroxyl groups is 1. The molecule has 0 aromatic rings. The Morgan fingerprint density at radius 3 is 1.65 bits per heavy atom. The van der Waals surface area contributed by atoms with E-state index in [1.54, 1.807) is 0 Å². The van der Waals surface area contributed by atoms with Gasteiger partial charge in [-0.15, -0.1) is 0 Å². The molecule has 1 aliphatic carbocycles. The van der Waals surface area contributed by atoms with Crippen LogP contribution in [0.2, 0.25) is 0 Å². The Balaban J connectivity index is 1.72. The van der Waals surface area contributed by atoms with Crippen LogP contribution in [0.1, 0.15) is 64.2 Å². The van der Waals surface area contributed by atoms with E-state index in [4.69, 9.17) is 5.11 Å². The molecule has 0 spiro atoms. The second kappa shape index (κ2) is 10.6. The predicted molar refractivity (Wildman–Crippen MR) is 75.0 cm³/mol. The Morgan fingerprint density at radius 1 is 0.647 bits per heavy atom. The average Bonchev–Trinajstić information content (AvgIpc) is 2.85. The molecular weight excluding hydrogens is 208 g/mol. The third kappa shape index (κ3) is 8.20. The quantitative estimate of drug-likeness (QED) is 0.519. The van der Waals surface area contributed by atoms with Gasteiger partial charge in [0.25, 0.3) is 0 Å². The normalized spacial score (nSPS) is 14.9. The van der Waals surface area contributed by atoms with E-state index in [9.17, 15) is 0 Å². The van der Waals surface area contributed by atoms with Gasteiger partial charge in [0, 0.05) is 6.61 Å². The molecule has 1 rings (SSSR count). The van der Waals surface area contributed by atoms with Crippen molar-refractivity contribution < 1.29 is 5.11 Å². The molecule has 0 bridgehead atoms. The van der Waals surface area contributed by atoms with E-state index < -0.39 is 0 Å². The summed E-state index contributed by atoms with van der Waals surface area (Å²) in [5.74, 6) is 0.730. The summed E-state index contributed by atoms with van der Waals surface area (Å²) in [6.07, 6.45) is 22.1. The molecule has 1 heteroatoms. The number of allylic oxidation sites excluding steroid dienone is 4. The van der Waals surface area contributed by atoms with Gasteiger partial charge in [-0.1, -0.05) is 75.7 Å². The Labute approximate surface area is 107 Å². The molecule has 17 heavy (non-hydrogen) atoms. The minimum Gasteiger partial charge on any atom is -0.396 e. The maximum atomic E-state index is 8.65. The van der Waals surface area contributed by atoms with Crippen LogP contribution in [0.5, 0.6) is 0 Å². The van der Waals surface area contributed by atoms with Crippen molar-refractivity contribution in [3.05, 3.63) is 24.3 Å². The van der Waals surface area contributed by atoms with Crippen LogP contribution in [0.4, 0.5) is 0 Å². The molecule has 0 aliphatic heterocycles. The molecule has 0 aromatic heterocycles. The van der Waals surface area contributed by atoms with Gasteiger partial charge >= 0.3 is 0 Å². The van der Waals surface area contributed by atoms with Crippen LogP contribution in [0.15, 0.2) is 24.3 Å². The molecule has 0 saturated carbocycles. The lowest BCUT2D eigenvalue weighted by molar-refractivity contribution is 0.282. The number of hydrogen-bond acceptors (Lipinski definition) is 1. The van der Waals surface area contributed by atoms with E-state index in [0.717, 1.165) is 12.3 Å². The highest BCUT2D eigenvalue weighted by Gasteiger charge is 2.02. The van der Waals surface area contributed by atoms with Gasteiger partial charge in [0.2, 0.25) is 0 Å². The number of aliphatic hydroxyl groups excluding tert-OH is 1. The molecule has 0 radical (unpaired) electrons. The van der Waals surface area contributed by atoms with Crippen LogP contribution in [-0.2, 0) is 0 Å². The third-order valence-electron chi connectivity index (χ3n) is 3.52. The van der Waals surface area contributed by atoms with Gasteiger partial charge in [0.05, 0.1) is 0 Å². The van der Waals surface area contributed by atoms with E-state index in [-0.39, 0.29) is 0 Å². The molecule has 1 nitrogen and oxygen atoms in total. The molecular formula is C16H28O. The first kappa shape index (κ1) is 14.5. The topological polar surface area (TPSA) is 20.2 Å². The highest BCUT2D eigenvalue weighted by Crippen LogP contribution is 2.18. The van der Waals surface area contributed by atoms with Gasteiger partial charge < -0.3 is 5.11 Å². The third-order valence-corrected chi connectivity index (χ3v) is 3.52. The highest BCUT2D eigenvalue weighted by atomic mass is 16.2. The van der Waals surface area contributed by atoms with E-state index in [2.05, 4.69) is 24.3 Å². The van der Waals surface area contributed by atoms with Crippen molar-refractivity contribution in [1.29, 1.82) is 0 Å². The first-order valence-corrected chi connectivity index (χ1v) is 7.39. The van der Waals surface area contributed by atoms with Crippen LogP contribution in [0.25, 0.3) is 0 Å². The van der Waals surface area contributed by atoms with Gasteiger partial charge in [-0.2, -0.15) is 0 Å². The highest BCUT2D eigenvalue weighted by molar-refractivity contribution is 5.17. The van der Waals surface area contributed by atoms with E-state index in [1.807, 2.05) is 0 Å². The molecule has 98 valence electrons. The zero-order chi connectivity index (χ0) is 12.2. The predicted octanol–water partition coefficient (Wildman–Crippen LogP) is 4.62. The molecule has 0 amide bonds. The molecule has 0 aromatic carbocycles. The van der Waals surface area contributed by atoms with Crippen LogP contribution < -0.4 is 0 Å². The van der Waals surface area contributed by atoms with Gasteiger partial charge in [0.15, 0.2) is 0 Å². The average molecular weight is 236 g/mol. The zero-order valence-corrected chi connectivity index (χ0v) is 11.1. The van der Waals surface area contributed by atoms with Crippen molar-refractivity contribution in [1.82, 2.24) is 0 Å². The van der Waals surface area contributed by atoms with E-state index in [1.165, 1.54) is 57.8 Å². The number of rotatable bonds is 11. The fraction of sp³-hybridized carbons (Fsp3) is 0.750. The largest absolute Gasteiger partial charge is 0.396 e. The number of hydrogen-bond donors (Lipinski definition) is 1. The summed E-state index contributed by atoms with van der Waals surface area (Å²) in [4.78, 5) is 0. The summed E-state index contributed by atoms with van der Waals surface area (Å²) in [6, 6.07) is 0. The van der Waals surface area contributed by atoms with Crippen LogP contribution >= 0.6 is 0 Å². The van der Waals surface area contributed by atoms with E-state index in [0.29, 0.717) is 6.61 Å². The summed E-state index contributed by atoms with van der Waals surface area (Å²) in [5, 5.41) is 8.65. The summed E-state index contributed by atoms with van der Waals surface area (Å²) >= 11 is 0. The Morgan fingerprint density at radius 2 is 1.12 bits per heavy atom. The van der Waals surface area contributed by atoms with Crippen molar-refractivity contribution in [2.24, 2.45) is 5.92 Å². The summed E-state index contributed by atoms with van der Waals surface area (Å²) < 4.78 is 0. The van der Waals surface area contributed by atoms with Gasteiger partial charge in [-0.3, -0.25) is 0 Å². The van der Waals surface area contributed by atoms with Crippen LogP contribution in [0, 0.1) is 5.92 Å². The summed E-state index contributed by atoms with van der Waals surface area (Å²) in [5.41, 5.74) is 0. The summed E-state index contributed by atoms with van der Waals surface area (Å²) in [6.45, 7) is 0.365. The molecule has 0 fully saturated rings. The minimum absolute atomic E-state index is 0.365. The SMILES string of the molecule is OCCCCCCCCCCCC1C=CC=C1. The molecule has 0 atom stereocenters. The van der Waals surface area contributed by atoms with Crippen molar-refractivity contribution in [2.75, 3.05) is 6.61 Å². The first-order valence-electron chi connectivity index (χ1n) is 7.39. The lowest BCUT2D eigenvalue weighted by atomic mass is 10.0. The second-order valence-electron chi connectivity index (χ2n) is 5.13. The van der Waals surface area contributed by atoms with Crippen LogP contribution in [-0.4, -0.2) is 11.7 Å². The Kier molecular flexibility index (Phi) is 9.03. The van der Waals surface area contributed by atoms with Crippen LogP contribution in [0.3, 0.4) is 0 Å². The van der Waals surface area contributed by atoms with E-state index >= 15 is 0 Å². The fourth-order valence-electron chi connectivity index (χ4n) is 2.40.